The Morgan fingerprint density at radius 1 is 0.862 bits per heavy atom. The van der Waals surface area contributed by atoms with Crippen molar-refractivity contribution in [3.63, 3.8) is 0 Å². The first-order chi connectivity index (χ1) is 14.1. The smallest absolute Gasteiger partial charge is 0.349 e. The summed E-state index contributed by atoms with van der Waals surface area (Å²) in [6.07, 6.45) is 0. The summed E-state index contributed by atoms with van der Waals surface area (Å²) in [6, 6.07) is 22.8. The van der Waals surface area contributed by atoms with E-state index in [1.807, 2.05) is 30.3 Å². The summed E-state index contributed by atoms with van der Waals surface area (Å²) in [5.74, 6) is 1.37. The zero-order valence-electron chi connectivity index (χ0n) is 15.5. The maximum Gasteiger partial charge on any atom is 0.349 e. The van der Waals surface area contributed by atoms with Gasteiger partial charge in [0, 0.05) is 17.1 Å². The maximum absolute atomic E-state index is 12.6. The van der Waals surface area contributed by atoms with Gasteiger partial charge in [-0.1, -0.05) is 18.2 Å². The van der Waals surface area contributed by atoms with Crippen LogP contribution in [-0.2, 0) is 0 Å². The van der Waals surface area contributed by atoms with Crippen LogP contribution >= 0.6 is 0 Å². The van der Waals surface area contributed by atoms with Crippen molar-refractivity contribution in [1.82, 2.24) is 0 Å². The number of rotatable bonds is 5. The molecule has 6 nitrogen and oxygen atoms in total. The number of nitrogens with one attached hydrogen (secondary N) is 1. The Labute approximate surface area is 166 Å². The fourth-order valence-electron chi connectivity index (χ4n) is 2.81. The van der Waals surface area contributed by atoms with Gasteiger partial charge in [0.2, 0.25) is 0 Å². The summed E-state index contributed by atoms with van der Waals surface area (Å²) < 4.78 is 16.1. The van der Waals surface area contributed by atoms with E-state index in [1.165, 1.54) is 13.2 Å². The average molecular weight is 387 g/mol. The van der Waals surface area contributed by atoms with Crippen molar-refractivity contribution >= 4 is 22.6 Å². The lowest BCUT2D eigenvalue weighted by atomic mass is 10.1. The van der Waals surface area contributed by atoms with Crippen LogP contribution in [0, 0.1) is 0 Å². The predicted molar refractivity (Wildman–Crippen MR) is 110 cm³/mol. The molecule has 0 bridgehead atoms. The van der Waals surface area contributed by atoms with Crippen molar-refractivity contribution in [2.45, 2.75) is 0 Å². The Bertz CT molecular complexity index is 1210. The van der Waals surface area contributed by atoms with Crippen LogP contribution in [0.15, 0.2) is 88.1 Å². The lowest BCUT2D eigenvalue weighted by Crippen LogP contribution is -2.20. The lowest BCUT2D eigenvalue weighted by molar-refractivity contribution is 0.102. The molecule has 0 spiro atoms. The number of amides is 1. The molecule has 1 heterocycles. The van der Waals surface area contributed by atoms with E-state index >= 15 is 0 Å². The summed E-state index contributed by atoms with van der Waals surface area (Å²) in [5.41, 5.74) is 0.0949. The number of anilines is 1. The molecule has 0 aliphatic carbocycles. The maximum atomic E-state index is 12.6. The molecule has 4 aromatic rings. The Kier molecular flexibility index (Phi) is 4.99. The van der Waals surface area contributed by atoms with E-state index in [4.69, 9.17) is 13.9 Å². The van der Waals surface area contributed by atoms with Crippen LogP contribution in [-0.4, -0.2) is 13.0 Å². The molecule has 144 valence electrons. The van der Waals surface area contributed by atoms with Crippen LogP contribution in [0.4, 0.5) is 5.69 Å². The van der Waals surface area contributed by atoms with Crippen LogP contribution in [0.3, 0.4) is 0 Å². The molecule has 6 heteroatoms. The number of para-hydroxylation sites is 1. The highest BCUT2D eigenvalue weighted by molar-refractivity contribution is 6.05. The highest BCUT2D eigenvalue weighted by atomic mass is 16.5. The molecular weight excluding hydrogens is 370 g/mol. The Balaban J connectivity index is 1.51. The zero-order valence-corrected chi connectivity index (χ0v) is 15.5. The minimum atomic E-state index is -0.715. The largest absolute Gasteiger partial charge is 0.497 e. The lowest BCUT2D eigenvalue weighted by Gasteiger charge is -2.08. The summed E-state index contributed by atoms with van der Waals surface area (Å²) in [7, 11) is 1.53. The molecular formula is C23H17NO5. The minimum absolute atomic E-state index is 0.0766. The highest BCUT2D eigenvalue weighted by Gasteiger charge is 2.14. The van der Waals surface area contributed by atoms with Crippen LogP contribution in [0.1, 0.15) is 10.4 Å². The van der Waals surface area contributed by atoms with Crippen LogP contribution < -0.4 is 20.4 Å². The second kappa shape index (κ2) is 7.90. The molecule has 1 amide bonds. The van der Waals surface area contributed by atoms with Gasteiger partial charge in [0.25, 0.3) is 5.91 Å². The Morgan fingerprint density at radius 2 is 1.55 bits per heavy atom. The van der Waals surface area contributed by atoms with Gasteiger partial charge in [-0.3, -0.25) is 4.79 Å². The normalized spacial score (nSPS) is 10.5. The summed E-state index contributed by atoms with van der Waals surface area (Å²) >= 11 is 0. The van der Waals surface area contributed by atoms with Gasteiger partial charge >= 0.3 is 5.63 Å². The van der Waals surface area contributed by atoms with Crippen molar-refractivity contribution in [2.75, 3.05) is 12.4 Å². The van der Waals surface area contributed by atoms with Crippen LogP contribution in [0.25, 0.3) is 11.0 Å². The summed E-state index contributed by atoms with van der Waals surface area (Å²) in [5, 5.41) is 3.33. The molecule has 29 heavy (non-hydrogen) atoms. The summed E-state index contributed by atoms with van der Waals surface area (Å²) in [4.78, 5) is 24.8. The minimum Gasteiger partial charge on any atom is -0.497 e. The van der Waals surface area contributed by atoms with E-state index in [9.17, 15) is 9.59 Å². The first-order valence-corrected chi connectivity index (χ1v) is 8.88. The number of fused-ring (bicyclic) bond motifs is 1. The number of methoxy groups -OCH3 is 1. The Morgan fingerprint density at radius 3 is 2.28 bits per heavy atom. The van der Waals surface area contributed by atoms with Gasteiger partial charge in [0.05, 0.1) is 7.11 Å². The van der Waals surface area contributed by atoms with Gasteiger partial charge in [-0.25, -0.2) is 4.79 Å². The van der Waals surface area contributed by atoms with Crippen molar-refractivity contribution in [1.29, 1.82) is 0 Å². The molecule has 1 N–H and O–H groups in total. The molecule has 0 aliphatic heterocycles. The molecule has 0 saturated carbocycles. The van der Waals surface area contributed by atoms with Crippen molar-refractivity contribution in [3.8, 4) is 17.2 Å². The molecule has 0 radical (unpaired) electrons. The first kappa shape index (κ1) is 18.3. The third kappa shape index (κ3) is 4.11. The van der Waals surface area contributed by atoms with E-state index in [-0.39, 0.29) is 5.56 Å². The fourth-order valence-corrected chi connectivity index (χ4v) is 2.81. The van der Waals surface area contributed by atoms with Gasteiger partial charge in [0.15, 0.2) is 0 Å². The number of hydrogen-bond acceptors (Lipinski definition) is 5. The zero-order chi connectivity index (χ0) is 20.2. The SMILES string of the molecule is COc1ccc2cc(C(=O)Nc3ccc(Oc4ccccc4)cc3)c(=O)oc2c1. The molecule has 0 aliphatic rings. The number of benzene rings is 3. The van der Waals surface area contributed by atoms with E-state index in [0.29, 0.717) is 28.2 Å². The average Bonchev–Trinajstić information content (AvgIpc) is 2.75. The monoisotopic (exact) mass is 387 g/mol. The molecule has 0 unspecified atom stereocenters. The Hall–Kier alpha value is -4.06. The molecule has 4 rings (SSSR count). The first-order valence-electron chi connectivity index (χ1n) is 8.88. The molecule has 0 atom stereocenters. The standard InChI is InChI=1S/C23H17NO5/c1-27-19-10-7-15-13-20(23(26)29-21(15)14-19)22(25)24-16-8-11-18(12-9-16)28-17-5-3-2-4-6-17/h2-14H,1H3,(H,24,25). The van der Waals surface area contributed by atoms with E-state index < -0.39 is 11.5 Å². The second-order valence-corrected chi connectivity index (χ2v) is 6.24. The highest BCUT2D eigenvalue weighted by Crippen LogP contribution is 2.23. The third-order valence-corrected chi connectivity index (χ3v) is 4.28. The molecule has 0 fully saturated rings. The molecule has 1 aromatic heterocycles. The van der Waals surface area contributed by atoms with E-state index in [2.05, 4.69) is 5.32 Å². The van der Waals surface area contributed by atoms with Crippen molar-refractivity contribution in [2.24, 2.45) is 0 Å². The van der Waals surface area contributed by atoms with E-state index in [0.717, 1.165) is 5.75 Å². The van der Waals surface area contributed by atoms with Crippen molar-refractivity contribution < 1.29 is 18.7 Å². The predicted octanol–water partition coefficient (Wildman–Crippen LogP) is 4.85. The summed E-state index contributed by atoms with van der Waals surface area (Å²) in [6.45, 7) is 0. The van der Waals surface area contributed by atoms with Gasteiger partial charge in [-0.15, -0.1) is 0 Å². The molecule has 0 saturated heterocycles. The van der Waals surface area contributed by atoms with Crippen molar-refractivity contribution in [3.05, 3.63) is 94.8 Å². The number of hydrogen-bond donors (Lipinski definition) is 1. The second-order valence-electron chi connectivity index (χ2n) is 6.24. The molecule has 3 aromatic carbocycles. The van der Waals surface area contributed by atoms with E-state index in [1.54, 1.807) is 42.5 Å². The number of ether oxygens (including phenoxy) is 2. The fraction of sp³-hybridized carbons (Fsp3) is 0.0435. The van der Waals surface area contributed by atoms with Gasteiger partial charge in [0.1, 0.15) is 28.4 Å². The number of carbonyl (C=O) groups excluding carboxylic acids is 1. The van der Waals surface area contributed by atoms with Gasteiger partial charge in [-0.05, 0) is 54.6 Å². The topological polar surface area (TPSA) is 77.8 Å². The number of carbonyl (C=O) groups is 1. The van der Waals surface area contributed by atoms with Gasteiger partial charge in [-0.2, -0.15) is 0 Å². The third-order valence-electron chi connectivity index (χ3n) is 4.28. The van der Waals surface area contributed by atoms with Crippen LogP contribution in [0.2, 0.25) is 0 Å². The van der Waals surface area contributed by atoms with Crippen LogP contribution in [0.5, 0.6) is 17.2 Å². The van der Waals surface area contributed by atoms with Gasteiger partial charge < -0.3 is 19.2 Å². The quantitative estimate of drug-likeness (QED) is 0.496.